The number of hydrogen-bond donors (Lipinski definition) is 1. The lowest BCUT2D eigenvalue weighted by Gasteiger charge is -2.13. The molecular weight excluding hydrogens is 331 g/mol. The number of hydrogen-bond acceptors (Lipinski definition) is 3. The van der Waals surface area contributed by atoms with E-state index >= 15 is 0 Å². The van der Waals surface area contributed by atoms with Crippen LogP contribution in [-0.4, -0.2) is 14.8 Å². The summed E-state index contributed by atoms with van der Waals surface area (Å²) in [5, 5.41) is 0.868. The molecule has 0 amide bonds. The van der Waals surface area contributed by atoms with Crippen molar-refractivity contribution in [1.82, 2.24) is 0 Å². The SMILES string of the molecule is O=S(=O)(C=Cc1ccccc1)Nc1ccccc1OC(F)(F)F. The molecule has 0 saturated carbocycles. The van der Waals surface area contributed by atoms with E-state index < -0.39 is 22.1 Å². The summed E-state index contributed by atoms with van der Waals surface area (Å²) >= 11 is 0. The van der Waals surface area contributed by atoms with Crippen molar-refractivity contribution in [2.45, 2.75) is 6.36 Å². The molecule has 0 heterocycles. The van der Waals surface area contributed by atoms with Crippen LogP contribution >= 0.6 is 0 Å². The fraction of sp³-hybridized carbons (Fsp3) is 0.0667. The third-order valence-corrected chi connectivity index (χ3v) is 3.60. The number of anilines is 1. The van der Waals surface area contributed by atoms with Crippen molar-refractivity contribution in [2.24, 2.45) is 0 Å². The molecule has 0 spiro atoms. The second-order valence-corrected chi connectivity index (χ2v) is 5.97. The summed E-state index contributed by atoms with van der Waals surface area (Å²) in [7, 11) is -3.99. The maximum Gasteiger partial charge on any atom is 0.573 e. The number of para-hydroxylation sites is 2. The molecule has 8 heteroatoms. The summed E-state index contributed by atoms with van der Waals surface area (Å²) in [6, 6.07) is 13.5. The second-order valence-electron chi connectivity index (χ2n) is 4.40. The van der Waals surface area contributed by atoms with E-state index in [-0.39, 0.29) is 5.69 Å². The lowest BCUT2D eigenvalue weighted by molar-refractivity contribution is -0.274. The quantitative estimate of drug-likeness (QED) is 0.893. The van der Waals surface area contributed by atoms with Crippen LogP contribution in [0.4, 0.5) is 18.9 Å². The molecule has 0 saturated heterocycles. The summed E-state index contributed by atoms with van der Waals surface area (Å²) in [6.07, 6.45) is -3.59. The van der Waals surface area contributed by atoms with E-state index in [0.717, 1.165) is 11.5 Å². The molecule has 122 valence electrons. The van der Waals surface area contributed by atoms with Crippen LogP contribution in [0.15, 0.2) is 60.0 Å². The molecule has 1 N–H and O–H groups in total. The average Bonchev–Trinajstić information content (AvgIpc) is 2.47. The Kier molecular flexibility index (Phi) is 4.95. The highest BCUT2D eigenvalue weighted by Gasteiger charge is 2.32. The van der Waals surface area contributed by atoms with Crippen LogP contribution in [0.1, 0.15) is 5.56 Å². The zero-order chi connectivity index (χ0) is 16.9. The van der Waals surface area contributed by atoms with Gasteiger partial charge in [0, 0.05) is 0 Å². The molecule has 2 aromatic rings. The van der Waals surface area contributed by atoms with E-state index in [4.69, 9.17) is 0 Å². The topological polar surface area (TPSA) is 55.4 Å². The number of benzene rings is 2. The first kappa shape index (κ1) is 16.9. The van der Waals surface area contributed by atoms with E-state index in [1.165, 1.54) is 24.3 Å². The Bertz CT molecular complexity index is 787. The summed E-state index contributed by atoms with van der Waals surface area (Å²) in [4.78, 5) is 0. The van der Waals surface area contributed by atoms with Crippen molar-refractivity contribution in [3.8, 4) is 5.75 Å². The molecule has 0 fully saturated rings. The molecule has 0 atom stereocenters. The van der Waals surface area contributed by atoms with Crippen LogP contribution in [0, 0.1) is 0 Å². The Morgan fingerprint density at radius 1 is 0.957 bits per heavy atom. The van der Waals surface area contributed by atoms with Gasteiger partial charge in [-0.15, -0.1) is 13.2 Å². The van der Waals surface area contributed by atoms with Crippen LogP contribution in [0.3, 0.4) is 0 Å². The van der Waals surface area contributed by atoms with Gasteiger partial charge < -0.3 is 4.74 Å². The van der Waals surface area contributed by atoms with Crippen molar-refractivity contribution >= 4 is 21.8 Å². The zero-order valence-electron chi connectivity index (χ0n) is 11.6. The van der Waals surface area contributed by atoms with Crippen molar-refractivity contribution in [2.75, 3.05) is 4.72 Å². The fourth-order valence-electron chi connectivity index (χ4n) is 1.68. The Balaban J connectivity index is 2.19. The van der Waals surface area contributed by atoms with Crippen LogP contribution in [0.5, 0.6) is 5.75 Å². The Labute approximate surface area is 131 Å². The van der Waals surface area contributed by atoms with Crippen LogP contribution in [0.2, 0.25) is 0 Å². The lowest BCUT2D eigenvalue weighted by Crippen LogP contribution is -2.19. The van der Waals surface area contributed by atoms with Crippen LogP contribution in [0.25, 0.3) is 6.08 Å². The standard InChI is InChI=1S/C15H12F3NO3S/c16-15(17,18)22-14-9-5-4-8-13(14)19-23(20,21)11-10-12-6-2-1-3-7-12/h1-11,19H. The first-order valence-corrected chi connectivity index (χ1v) is 7.90. The second kappa shape index (κ2) is 6.74. The van der Waals surface area contributed by atoms with Gasteiger partial charge in [-0.3, -0.25) is 4.72 Å². The first-order chi connectivity index (χ1) is 10.8. The van der Waals surface area contributed by atoms with Crippen molar-refractivity contribution < 1.29 is 26.3 Å². The highest BCUT2D eigenvalue weighted by Crippen LogP contribution is 2.30. The van der Waals surface area contributed by atoms with E-state index in [0.29, 0.717) is 5.56 Å². The smallest absolute Gasteiger partial charge is 0.404 e. The molecule has 2 aromatic carbocycles. The van der Waals surface area contributed by atoms with E-state index in [9.17, 15) is 21.6 Å². The van der Waals surface area contributed by atoms with Crippen molar-refractivity contribution in [1.29, 1.82) is 0 Å². The maximum atomic E-state index is 12.3. The van der Waals surface area contributed by atoms with Gasteiger partial charge in [0.05, 0.1) is 11.1 Å². The molecule has 0 aliphatic carbocycles. The predicted octanol–water partition coefficient (Wildman–Crippen LogP) is 4.00. The molecule has 0 unspecified atom stereocenters. The highest BCUT2D eigenvalue weighted by molar-refractivity contribution is 7.95. The van der Waals surface area contributed by atoms with Crippen LogP contribution in [-0.2, 0) is 10.0 Å². The number of alkyl halides is 3. The molecule has 0 radical (unpaired) electrons. The number of halogens is 3. The maximum absolute atomic E-state index is 12.3. The summed E-state index contributed by atoms with van der Waals surface area (Å²) < 4.78 is 66.7. The Hall–Kier alpha value is -2.48. The van der Waals surface area contributed by atoms with Gasteiger partial charge in [0.25, 0.3) is 10.0 Å². The fourth-order valence-corrected chi connectivity index (χ4v) is 2.56. The van der Waals surface area contributed by atoms with Gasteiger partial charge in [-0.25, -0.2) is 8.42 Å². The number of rotatable bonds is 5. The first-order valence-electron chi connectivity index (χ1n) is 6.36. The van der Waals surface area contributed by atoms with Crippen molar-refractivity contribution in [3.05, 3.63) is 65.6 Å². The Morgan fingerprint density at radius 2 is 1.57 bits per heavy atom. The number of sulfonamides is 1. The van der Waals surface area contributed by atoms with Gasteiger partial charge in [-0.05, 0) is 23.8 Å². The number of ether oxygens (including phenoxy) is 1. The van der Waals surface area contributed by atoms with E-state index in [1.807, 2.05) is 4.72 Å². The lowest BCUT2D eigenvalue weighted by atomic mass is 10.2. The van der Waals surface area contributed by atoms with E-state index in [2.05, 4.69) is 4.74 Å². The van der Waals surface area contributed by atoms with Gasteiger partial charge >= 0.3 is 6.36 Å². The molecule has 0 aliphatic heterocycles. The summed E-state index contributed by atoms with van der Waals surface area (Å²) in [5.74, 6) is -0.628. The van der Waals surface area contributed by atoms with Crippen LogP contribution < -0.4 is 9.46 Å². The molecule has 4 nitrogen and oxygen atoms in total. The predicted molar refractivity (Wildman–Crippen MR) is 81.1 cm³/mol. The monoisotopic (exact) mass is 343 g/mol. The van der Waals surface area contributed by atoms with Gasteiger partial charge in [-0.2, -0.15) is 0 Å². The highest BCUT2D eigenvalue weighted by atomic mass is 32.2. The molecule has 0 aliphatic rings. The third-order valence-electron chi connectivity index (χ3n) is 2.60. The zero-order valence-corrected chi connectivity index (χ0v) is 12.4. The van der Waals surface area contributed by atoms with E-state index in [1.54, 1.807) is 30.3 Å². The molecule has 0 aromatic heterocycles. The molecule has 23 heavy (non-hydrogen) atoms. The number of nitrogens with one attached hydrogen (secondary N) is 1. The summed E-state index contributed by atoms with van der Waals surface area (Å²) in [6.45, 7) is 0. The minimum Gasteiger partial charge on any atom is -0.404 e. The van der Waals surface area contributed by atoms with Gasteiger partial charge in [-0.1, -0.05) is 42.5 Å². The van der Waals surface area contributed by atoms with Gasteiger partial charge in [0.2, 0.25) is 0 Å². The minimum absolute atomic E-state index is 0.303. The minimum atomic E-state index is -4.92. The van der Waals surface area contributed by atoms with Crippen molar-refractivity contribution in [3.63, 3.8) is 0 Å². The molecule has 0 bridgehead atoms. The average molecular weight is 343 g/mol. The largest absolute Gasteiger partial charge is 0.573 e. The summed E-state index contributed by atoms with van der Waals surface area (Å²) in [5.41, 5.74) is 0.334. The normalized spacial score (nSPS) is 12.3. The molecular formula is C15H12F3NO3S. The molecule has 2 rings (SSSR count). The van der Waals surface area contributed by atoms with Gasteiger partial charge in [0.1, 0.15) is 0 Å². The van der Waals surface area contributed by atoms with Gasteiger partial charge in [0.15, 0.2) is 5.75 Å². The Morgan fingerprint density at radius 3 is 2.22 bits per heavy atom. The third kappa shape index (κ3) is 5.67.